The molecule has 1 heterocycles. The van der Waals surface area contributed by atoms with Gasteiger partial charge in [0.05, 0.1) is 32.8 Å². The van der Waals surface area contributed by atoms with Gasteiger partial charge in [-0.2, -0.15) is 0 Å². The van der Waals surface area contributed by atoms with E-state index in [2.05, 4.69) is 14.0 Å². The molecule has 0 spiro atoms. The van der Waals surface area contributed by atoms with Crippen molar-refractivity contribution in [1.82, 2.24) is 0 Å². The smallest absolute Gasteiger partial charge is 0.119 e. The van der Waals surface area contributed by atoms with Gasteiger partial charge in [-0.15, -0.1) is 0 Å². The maximum Gasteiger partial charge on any atom is 0.119 e. The lowest BCUT2D eigenvalue weighted by Gasteiger charge is -2.36. The molecular weight excluding hydrogens is 222 g/mol. The molecule has 2 rings (SSSR count). The molecule has 0 aliphatic carbocycles. The maximum atomic E-state index is 5.77. The molecular formula is C16H26NO+. The topological polar surface area (TPSA) is 9.23 Å². The molecule has 2 atom stereocenters. The fourth-order valence-electron chi connectivity index (χ4n) is 3.25. The molecule has 1 aliphatic heterocycles. The van der Waals surface area contributed by atoms with Crippen molar-refractivity contribution in [2.24, 2.45) is 0 Å². The van der Waals surface area contributed by atoms with Crippen LogP contribution in [0.25, 0.3) is 0 Å². The summed E-state index contributed by atoms with van der Waals surface area (Å²) in [6.07, 6.45) is 5.28. The van der Waals surface area contributed by atoms with Gasteiger partial charge in [-0.25, -0.2) is 0 Å². The van der Waals surface area contributed by atoms with Gasteiger partial charge in [0.2, 0.25) is 0 Å². The van der Waals surface area contributed by atoms with Gasteiger partial charge in [0.1, 0.15) is 5.75 Å². The van der Waals surface area contributed by atoms with Crippen LogP contribution in [0.4, 0.5) is 0 Å². The van der Waals surface area contributed by atoms with Gasteiger partial charge in [-0.3, -0.25) is 0 Å². The van der Waals surface area contributed by atoms with Gasteiger partial charge >= 0.3 is 0 Å². The highest BCUT2D eigenvalue weighted by atomic mass is 16.5. The van der Waals surface area contributed by atoms with E-state index in [9.17, 15) is 0 Å². The van der Waals surface area contributed by atoms with Gasteiger partial charge in [0, 0.05) is 19.3 Å². The van der Waals surface area contributed by atoms with Crippen LogP contribution >= 0.6 is 0 Å². The number of rotatable bonds is 6. The van der Waals surface area contributed by atoms with Gasteiger partial charge < -0.3 is 9.22 Å². The Morgan fingerprint density at radius 1 is 1.28 bits per heavy atom. The first-order valence-electron chi connectivity index (χ1n) is 7.26. The molecule has 0 amide bonds. The third kappa shape index (κ3) is 3.26. The van der Waals surface area contributed by atoms with Crippen LogP contribution < -0.4 is 4.74 Å². The Morgan fingerprint density at radius 3 is 2.78 bits per heavy atom. The highest BCUT2D eigenvalue weighted by Gasteiger charge is 2.35. The van der Waals surface area contributed by atoms with Crippen LogP contribution in [0.15, 0.2) is 30.3 Å². The number of hydrogen-bond acceptors (Lipinski definition) is 1. The van der Waals surface area contributed by atoms with Gasteiger partial charge in [-0.1, -0.05) is 25.1 Å². The zero-order valence-corrected chi connectivity index (χ0v) is 11.8. The van der Waals surface area contributed by atoms with E-state index in [0.29, 0.717) is 0 Å². The van der Waals surface area contributed by atoms with E-state index in [1.54, 1.807) is 0 Å². The van der Waals surface area contributed by atoms with Crippen LogP contribution in [0.3, 0.4) is 0 Å². The maximum absolute atomic E-state index is 5.77. The number of quaternary nitrogens is 1. The molecule has 0 bridgehead atoms. The van der Waals surface area contributed by atoms with Crippen LogP contribution in [-0.4, -0.2) is 37.3 Å². The quantitative estimate of drug-likeness (QED) is 0.553. The minimum atomic E-state index is 0.842. The van der Waals surface area contributed by atoms with E-state index in [1.165, 1.54) is 36.8 Å². The lowest BCUT2D eigenvalue weighted by atomic mass is 10.1. The third-order valence-electron chi connectivity index (χ3n) is 4.38. The molecule has 1 aromatic carbocycles. The Labute approximate surface area is 111 Å². The van der Waals surface area contributed by atoms with Crippen molar-refractivity contribution in [3.63, 3.8) is 0 Å². The molecule has 2 nitrogen and oxygen atoms in total. The van der Waals surface area contributed by atoms with Crippen LogP contribution in [0.5, 0.6) is 5.75 Å². The summed E-state index contributed by atoms with van der Waals surface area (Å²) in [5.74, 6) is 0.994. The molecule has 1 fully saturated rings. The number of benzene rings is 1. The molecule has 1 saturated heterocycles. The first kappa shape index (κ1) is 13.4. The van der Waals surface area contributed by atoms with E-state index in [4.69, 9.17) is 4.74 Å². The van der Waals surface area contributed by atoms with E-state index < -0.39 is 0 Å². The van der Waals surface area contributed by atoms with Crippen molar-refractivity contribution in [2.45, 2.75) is 38.6 Å². The Balaban J connectivity index is 1.72. The second kappa shape index (κ2) is 6.24. The Morgan fingerprint density at radius 2 is 2.06 bits per heavy atom. The molecule has 0 saturated carbocycles. The SMILES string of the molecule is CC[C@@H]1CCC[N+]1(C)CCCOc1ccccc1. The molecule has 1 aromatic rings. The highest BCUT2D eigenvalue weighted by Crippen LogP contribution is 2.27. The van der Waals surface area contributed by atoms with Crippen molar-refractivity contribution in [3.8, 4) is 5.75 Å². The molecule has 18 heavy (non-hydrogen) atoms. The summed E-state index contributed by atoms with van der Waals surface area (Å²) in [5.41, 5.74) is 0. The third-order valence-corrected chi connectivity index (χ3v) is 4.38. The first-order valence-corrected chi connectivity index (χ1v) is 7.26. The molecule has 1 unspecified atom stereocenters. The summed E-state index contributed by atoms with van der Waals surface area (Å²) in [5, 5.41) is 0. The first-order chi connectivity index (χ1) is 8.74. The van der Waals surface area contributed by atoms with Crippen LogP contribution in [0, 0.1) is 0 Å². The second-order valence-electron chi connectivity index (χ2n) is 5.65. The molecule has 0 aromatic heterocycles. The molecule has 2 heteroatoms. The predicted octanol–water partition coefficient (Wildman–Crippen LogP) is 3.47. The van der Waals surface area contributed by atoms with Gasteiger partial charge in [0.25, 0.3) is 0 Å². The monoisotopic (exact) mass is 248 g/mol. The summed E-state index contributed by atoms with van der Waals surface area (Å²) in [4.78, 5) is 0. The standard InChI is InChI=1S/C16H26NO/c1-3-15-9-7-12-17(15,2)13-8-14-18-16-10-5-4-6-11-16/h4-6,10-11,15H,3,7-9,12-14H2,1-2H3/q+1/t15-,17?/m1/s1. The zero-order valence-electron chi connectivity index (χ0n) is 11.8. The van der Waals surface area contributed by atoms with Crippen molar-refractivity contribution < 1.29 is 9.22 Å². The number of para-hydroxylation sites is 1. The fraction of sp³-hybridized carbons (Fsp3) is 0.625. The number of ether oxygens (including phenoxy) is 1. The summed E-state index contributed by atoms with van der Waals surface area (Å²) >= 11 is 0. The fourth-order valence-corrected chi connectivity index (χ4v) is 3.25. The average Bonchev–Trinajstić information content (AvgIpc) is 2.77. The van der Waals surface area contributed by atoms with Crippen molar-refractivity contribution in [3.05, 3.63) is 30.3 Å². The van der Waals surface area contributed by atoms with Gasteiger partial charge in [0.15, 0.2) is 0 Å². The largest absolute Gasteiger partial charge is 0.493 e. The molecule has 0 N–H and O–H groups in total. The van der Waals surface area contributed by atoms with Gasteiger partial charge in [-0.05, 0) is 18.6 Å². The molecule has 0 radical (unpaired) electrons. The average molecular weight is 248 g/mol. The number of likely N-dealkylation sites (tertiary alicyclic amines) is 1. The van der Waals surface area contributed by atoms with Crippen LogP contribution in [0.1, 0.15) is 32.6 Å². The number of nitrogens with zero attached hydrogens (tertiary/aromatic N) is 1. The lowest BCUT2D eigenvalue weighted by molar-refractivity contribution is -0.921. The summed E-state index contributed by atoms with van der Waals surface area (Å²) in [7, 11) is 2.42. The van der Waals surface area contributed by atoms with E-state index >= 15 is 0 Å². The van der Waals surface area contributed by atoms with Crippen molar-refractivity contribution in [1.29, 1.82) is 0 Å². The summed E-state index contributed by atoms with van der Waals surface area (Å²) in [6, 6.07) is 11.0. The Kier molecular flexibility index (Phi) is 4.65. The minimum Gasteiger partial charge on any atom is -0.493 e. The van der Waals surface area contributed by atoms with Crippen molar-refractivity contribution >= 4 is 0 Å². The Hall–Kier alpha value is -1.02. The summed E-state index contributed by atoms with van der Waals surface area (Å²) in [6.45, 7) is 5.77. The normalized spacial score (nSPS) is 27.3. The lowest BCUT2D eigenvalue weighted by Crippen LogP contribution is -2.48. The number of hydrogen-bond donors (Lipinski definition) is 0. The predicted molar refractivity (Wildman–Crippen MR) is 75.8 cm³/mol. The van der Waals surface area contributed by atoms with E-state index in [-0.39, 0.29) is 0 Å². The highest BCUT2D eigenvalue weighted by molar-refractivity contribution is 5.20. The zero-order chi connectivity index (χ0) is 12.8. The van der Waals surface area contributed by atoms with E-state index in [1.807, 2.05) is 30.3 Å². The summed E-state index contributed by atoms with van der Waals surface area (Å²) < 4.78 is 7.03. The van der Waals surface area contributed by atoms with Crippen molar-refractivity contribution in [2.75, 3.05) is 26.7 Å². The van der Waals surface area contributed by atoms with E-state index in [0.717, 1.165) is 24.8 Å². The van der Waals surface area contributed by atoms with Crippen LogP contribution in [0.2, 0.25) is 0 Å². The molecule has 100 valence electrons. The Bertz CT molecular complexity index is 351. The second-order valence-corrected chi connectivity index (χ2v) is 5.65. The minimum absolute atomic E-state index is 0.842. The van der Waals surface area contributed by atoms with Crippen LogP contribution in [-0.2, 0) is 0 Å². The molecule has 1 aliphatic rings.